The number of thioether (sulfide) groups is 1. The monoisotopic (exact) mass is 424 g/mol. The predicted molar refractivity (Wildman–Crippen MR) is 113 cm³/mol. The second-order valence-electron chi connectivity index (χ2n) is 6.13. The Morgan fingerprint density at radius 1 is 1.03 bits per heavy atom. The maximum Gasteiger partial charge on any atom is 0.230 e. The molecule has 0 aliphatic heterocycles. The first-order chi connectivity index (χ1) is 14.2. The highest BCUT2D eigenvalue weighted by Gasteiger charge is 2.17. The van der Waals surface area contributed by atoms with E-state index in [2.05, 4.69) is 15.5 Å². The number of nitrogens with one attached hydrogen (secondary N) is 1. The van der Waals surface area contributed by atoms with Crippen molar-refractivity contribution >= 4 is 29.3 Å². The molecule has 0 spiro atoms. The molecule has 146 valence electrons. The number of nitrogens with zero attached hydrogens (tertiary/aromatic N) is 3. The molecule has 0 atom stereocenters. The van der Waals surface area contributed by atoms with Crippen molar-refractivity contribution in [1.29, 1.82) is 0 Å². The Morgan fingerprint density at radius 2 is 1.83 bits per heavy atom. The van der Waals surface area contributed by atoms with Crippen LogP contribution >= 0.6 is 23.4 Å². The molecule has 0 bridgehead atoms. The van der Waals surface area contributed by atoms with E-state index in [4.69, 9.17) is 16.0 Å². The van der Waals surface area contributed by atoms with Crippen molar-refractivity contribution in [1.82, 2.24) is 20.1 Å². The Hall–Kier alpha value is -3.03. The Kier molecular flexibility index (Phi) is 5.97. The molecule has 0 saturated heterocycles. The lowest BCUT2D eigenvalue weighted by atomic mass is 10.2. The number of carbonyl (C=O) groups is 1. The average molecular weight is 425 g/mol. The number of amides is 1. The zero-order valence-electron chi connectivity index (χ0n) is 15.3. The summed E-state index contributed by atoms with van der Waals surface area (Å²) in [6, 6.07) is 20.8. The standard InChI is InChI=1S/C21H17ClN4O2S/c22-16-10-8-15(9-11-16)20-24-25-21(26(20)17-5-2-1-3-6-17)29-14-19(27)23-13-18-7-4-12-28-18/h1-12H,13-14H2,(H,23,27). The van der Waals surface area contributed by atoms with Gasteiger partial charge in [0, 0.05) is 16.3 Å². The van der Waals surface area contributed by atoms with Gasteiger partial charge in [-0.15, -0.1) is 10.2 Å². The second kappa shape index (κ2) is 8.98. The van der Waals surface area contributed by atoms with Crippen LogP contribution in [0.2, 0.25) is 5.02 Å². The lowest BCUT2D eigenvalue weighted by Crippen LogP contribution is -2.24. The van der Waals surface area contributed by atoms with Crippen molar-refractivity contribution in [2.75, 3.05) is 5.75 Å². The molecule has 1 N–H and O–H groups in total. The van der Waals surface area contributed by atoms with Crippen LogP contribution in [-0.4, -0.2) is 26.4 Å². The fourth-order valence-corrected chi connectivity index (χ4v) is 3.65. The first kappa shape index (κ1) is 19.3. The van der Waals surface area contributed by atoms with Crippen molar-refractivity contribution < 1.29 is 9.21 Å². The summed E-state index contributed by atoms with van der Waals surface area (Å²) in [6.07, 6.45) is 1.58. The van der Waals surface area contributed by atoms with E-state index in [0.29, 0.717) is 28.3 Å². The van der Waals surface area contributed by atoms with Gasteiger partial charge in [0.2, 0.25) is 5.91 Å². The topological polar surface area (TPSA) is 73.0 Å². The molecule has 2 aromatic carbocycles. The van der Waals surface area contributed by atoms with Crippen LogP contribution < -0.4 is 5.32 Å². The number of hydrogen-bond acceptors (Lipinski definition) is 5. The first-order valence-electron chi connectivity index (χ1n) is 8.89. The summed E-state index contributed by atoms with van der Waals surface area (Å²) in [5.41, 5.74) is 1.81. The summed E-state index contributed by atoms with van der Waals surface area (Å²) in [5.74, 6) is 1.50. The molecular formula is C21H17ClN4O2S. The van der Waals surface area contributed by atoms with E-state index in [1.807, 2.05) is 65.2 Å². The van der Waals surface area contributed by atoms with Gasteiger partial charge in [-0.1, -0.05) is 41.6 Å². The normalized spacial score (nSPS) is 10.8. The van der Waals surface area contributed by atoms with Crippen molar-refractivity contribution in [2.24, 2.45) is 0 Å². The Morgan fingerprint density at radius 3 is 2.55 bits per heavy atom. The van der Waals surface area contributed by atoms with E-state index < -0.39 is 0 Å². The number of rotatable bonds is 7. The molecular weight excluding hydrogens is 408 g/mol. The first-order valence-corrected chi connectivity index (χ1v) is 10.3. The van der Waals surface area contributed by atoms with Crippen LogP contribution in [0.4, 0.5) is 0 Å². The smallest absolute Gasteiger partial charge is 0.230 e. The second-order valence-corrected chi connectivity index (χ2v) is 7.51. The quantitative estimate of drug-likeness (QED) is 0.439. The SMILES string of the molecule is O=C(CSc1nnc(-c2ccc(Cl)cc2)n1-c1ccccc1)NCc1ccco1. The van der Waals surface area contributed by atoms with Gasteiger partial charge in [0.1, 0.15) is 5.76 Å². The van der Waals surface area contributed by atoms with E-state index in [0.717, 1.165) is 11.3 Å². The summed E-state index contributed by atoms with van der Waals surface area (Å²) in [7, 11) is 0. The van der Waals surface area contributed by atoms with Crippen molar-refractivity contribution in [2.45, 2.75) is 11.7 Å². The summed E-state index contributed by atoms with van der Waals surface area (Å²) in [6.45, 7) is 0.355. The van der Waals surface area contributed by atoms with Crippen LogP contribution in [0.15, 0.2) is 82.6 Å². The maximum absolute atomic E-state index is 12.2. The number of aromatic nitrogens is 3. The number of hydrogen-bond donors (Lipinski definition) is 1. The van der Waals surface area contributed by atoms with Gasteiger partial charge >= 0.3 is 0 Å². The van der Waals surface area contributed by atoms with E-state index in [-0.39, 0.29) is 11.7 Å². The highest BCUT2D eigenvalue weighted by molar-refractivity contribution is 7.99. The summed E-state index contributed by atoms with van der Waals surface area (Å²) in [5, 5.41) is 12.8. The minimum absolute atomic E-state index is 0.109. The molecule has 2 heterocycles. The zero-order chi connectivity index (χ0) is 20.1. The van der Waals surface area contributed by atoms with E-state index >= 15 is 0 Å². The molecule has 1 amide bonds. The van der Waals surface area contributed by atoms with Gasteiger partial charge < -0.3 is 9.73 Å². The average Bonchev–Trinajstić information content (AvgIpc) is 3.42. The number of para-hydroxylation sites is 1. The lowest BCUT2D eigenvalue weighted by Gasteiger charge is -2.10. The van der Waals surface area contributed by atoms with E-state index in [9.17, 15) is 4.79 Å². The number of halogens is 1. The molecule has 0 aliphatic rings. The van der Waals surface area contributed by atoms with Gasteiger partial charge in [-0.2, -0.15) is 0 Å². The van der Waals surface area contributed by atoms with Crippen LogP contribution in [0.5, 0.6) is 0 Å². The van der Waals surface area contributed by atoms with Gasteiger partial charge in [0.05, 0.1) is 18.6 Å². The number of benzene rings is 2. The molecule has 29 heavy (non-hydrogen) atoms. The van der Waals surface area contributed by atoms with Gasteiger partial charge in [-0.05, 0) is 48.5 Å². The molecule has 0 aliphatic carbocycles. The lowest BCUT2D eigenvalue weighted by molar-refractivity contribution is -0.118. The summed E-state index contributed by atoms with van der Waals surface area (Å²) >= 11 is 7.34. The maximum atomic E-state index is 12.2. The fourth-order valence-electron chi connectivity index (χ4n) is 2.74. The molecule has 6 nitrogen and oxygen atoms in total. The van der Waals surface area contributed by atoms with Crippen LogP contribution in [0.25, 0.3) is 17.1 Å². The molecule has 0 fully saturated rings. The Bertz CT molecular complexity index is 1080. The fraction of sp³-hybridized carbons (Fsp3) is 0.0952. The summed E-state index contributed by atoms with van der Waals surface area (Å²) in [4.78, 5) is 12.2. The van der Waals surface area contributed by atoms with Crippen LogP contribution in [0.1, 0.15) is 5.76 Å². The third-order valence-corrected chi connectivity index (χ3v) is 5.30. The molecule has 0 unspecified atom stereocenters. The van der Waals surface area contributed by atoms with Gasteiger partial charge in [-0.25, -0.2) is 0 Å². The van der Waals surface area contributed by atoms with Crippen LogP contribution in [-0.2, 0) is 11.3 Å². The van der Waals surface area contributed by atoms with Crippen molar-refractivity contribution in [3.05, 3.63) is 83.8 Å². The van der Waals surface area contributed by atoms with Crippen LogP contribution in [0, 0.1) is 0 Å². The van der Waals surface area contributed by atoms with Crippen molar-refractivity contribution in [3.8, 4) is 17.1 Å². The Balaban J connectivity index is 1.55. The van der Waals surface area contributed by atoms with E-state index in [1.54, 1.807) is 12.3 Å². The van der Waals surface area contributed by atoms with Gasteiger partial charge in [0.25, 0.3) is 0 Å². The highest BCUT2D eigenvalue weighted by atomic mass is 35.5. The zero-order valence-corrected chi connectivity index (χ0v) is 16.9. The minimum atomic E-state index is -0.109. The van der Waals surface area contributed by atoms with Gasteiger partial charge in [0.15, 0.2) is 11.0 Å². The Labute approximate surface area is 176 Å². The van der Waals surface area contributed by atoms with Crippen molar-refractivity contribution in [3.63, 3.8) is 0 Å². The van der Waals surface area contributed by atoms with Gasteiger partial charge in [-0.3, -0.25) is 9.36 Å². The molecule has 8 heteroatoms. The number of furan rings is 1. The molecule has 0 saturated carbocycles. The largest absolute Gasteiger partial charge is 0.467 e. The third kappa shape index (κ3) is 4.70. The molecule has 4 rings (SSSR count). The molecule has 2 aromatic heterocycles. The van der Waals surface area contributed by atoms with E-state index in [1.165, 1.54) is 11.8 Å². The summed E-state index contributed by atoms with van der Waals surface area (Å²) < 4.78 is 7.17. The predicted octanol–water partition coefficient (Wildman–Crippen LogP) is 4.59. The molecule has 0 radical (unpaired) electrons. The highest BCUT2D eigenvalue weighted by Crippen LogP contribution is 2.28. The minimum Gasteiger partial charge on any atom is -0.467 e. The number of carbonyl (C=O) groups excluding carboxylic acids is 1. The molecule has 4 aromatic rings. The van der Waals surface area contributed by atoms with Crippen LogP contribution in [0.3, 0.4) is 0 Å². The third-order valence-electron chi connectivity index (χ3n) is 4.12.